The minimum Gasteiger partial charge on any atom is -0.478 e. The van der Waals surface area contributed by atoms with E-state index in [0.717, 1.165) is 17.3 Å². The molecular formula is C7H7NO2S. The molecule has 1 aliphatic rings. The maximum Gasteiger partial charge on any atom is 0.337 e. The maximum atomic E-state index is 10.6. The monoisotopic (exact) mass is 169 g/mol. The Kier molecular flexibility index (Phi) is 1.42. The lowest BCUT2D eigenvalue weighted by atomic mass is 10.2. The summed E-state index contributed by atoms with van der Waals surface area (Å²) >= 11 is 1.74. The summed E-state index contributed by atoms with van der Waals surface area (Å²) in [5.41, 5.74) is 1.40. The molecule has 0 fully saturated rings. The summed E-state index contributed by atoms with van der Waals surface area (Å²) in [5, 5.41) is 8.72. The topological polar surface area (TPSA) is 42.2 Å². The summed E-state index contributed by atoms with van der Waals surface area (Å²) in [6.07, 6.45) is 1.83. The molecule has 3 nitrogen and oxygen atoms in total. The number of fused-ring (bicyclic) bond motifs is 1. The van der Waals surface area contributed by atoms with E-state index in [9.17, 15) is 4.79 Å². The van der Waals surface area contributed by atoms with E-state index in [-0.39, 0.29) is 0 Å². The predicted molar refractivity (Wildman–Crippen MR) is 42.7 cm³/mol. The van der Waals surface area contributed by atoms with Gasteiger partial charge < -0.3 is 9.67 Å². The van der Waals surface area contributed by atoms with Gasteiger partial charge in [-0.25, -0.2) is 4.79 Å². The van der Waals surface area contributed by atoms with Gasteiger partial charge in [0, 0.05) is 17.6 Å². The van der Waals surface area contributed by atoms with E-state index in [1.165, 1.54) is 0 Å². The second kappa shape index (κ2) is 2.30. The van der Waals surface area contributed by atoms with Crippen LogP contribution in [0.2, 0.25) is 0 Å². The molecule has 1 aromatic rings. The van der Waals surface area contributed by atoms with Gasteiger partial charge in [-0.15, -0.1) is 11.8 Å². The Bertz CT molecular complexity index is 305. The Morgan fingerprint density at radius 3 is 3.27 bits per heavy atom. The average molecular weight is 169 g/mol. The molecule has 1 N–H and O–H groups in total. The van der Waals surface area contributed by atoms with Crippen LogP contribution in [-0.2, 0) is 11.6 Å². The van der Waals surface area contributed by atoms with Crippen LogP contribution in [0.4, 0.5) is 0 Å². The summed E-state index contributed by atoms with van der Waals surface area (Å²) in [7, 11) is 0. The van der Waals surface area contributed by atoms with Crippen molar-refractivity contribution in [3.63, 3.8) is 0 Å². The Morgan fingerprint density at radius 2 is 2.55 bits per heavy atom. The van der Waals surface area contributed by atoms with Crippen LogP contribution in [0.25, 0.3) is 0 Å². The molecule has 0 bridgehead atoms. The van der Waals surface area contributed by atoms with Crippen molar-refractivity contribution in [1.82, 2.24) is 4.57 Å². The molecule has 1 aromatic heterocycles. The molecule has 0 saturated heterocycles. The largest absolute Gasteiger partial charge is 0.478 e. The third-order valence-corrected chi connectivity index (χ3v) is 2.72. The zero-order chi connectivity index (χ0) is 7.84. The van der Waals surface area contributed by atoms with Gasteiger partial charge in [0.25, 0.3) is 0 Å². The van der Waals surface area contributed by atoms with Crippen molar-refractivity contribution in [2.75, 3.05) is 0 Å². The first-order valence-electron chi connectivity index (χ1n) is 3.28. The highest BCUT2D eigenvalue weighted by Gasteiger charge is 2.18. The van der Waals surface area contributed by atoms with Gasteiger partial charge in [0.15, 0.2) is 0 Å². The quantitative estimate of drug-likeness (QED) is 0.690. The molecule has 1 aliphatic heterocycles. The fourth-order valence-electron chi connectivity index (χ4n) is 1.22. The lowest BCUT2D eigenvalue weighted by Gasteiger charge is -1.93. The van der Waals surface area contributed by atoms with Crippen molar-refractivity contribution in [3.8, 4) is 0 Å². The van der Waals surface area contributed by atoms with Crippen molar-refractivity contribution in [3.05, 3.63) is 23.5 Å². The Hall–Kier alpha value is -0.900. The van der Waals surface area contributed by atoms with Gasteiger partial charge in [-0.3, -0.25) is 0 Å². The molecule has 4 heteroatoms. The first kappa shape index (κ1) is 6.79. The lowest BCUT2D eigenvalue weighted by molar-refractivity contribution is 0.0696. The summed E-state index contributed by atoms with van der Waals surface area (Å²) < 4.78 is 1.98. The smallest absolute Gasteiger partial charge is 0.337 e. The van der Waals surface area contributed by atoms with E-state index < -0.39 is 5.97 Å². The number of thioether (sulfide) groups is 1. The van der Waals surface area contributed by atoms with Crippen LogP contribution < -0.4 is 0 Å². The summed E-state index contributed by atoms with van der Waals surface area (Å²) in [5.74, 6) is 0.901. The molecule has 0 unspecified atom stereocenters. The molecule has 0 amide bonds. The molecule has 2 heterocycles. The third-order valence-electron chi connectivity index (χ3n) is 1.78. The van der Waals surface area contributed by atoms with Crippen molar-refractivity contribution >= 4 is 17.7 Å². The Morgan fingerprint density at radius 1 is 1.73 bits per heavy atom. The number of aromatic carboxylic acids is 1. The van der Waals surface area contributed by atoms with Crippen LogP contribution in [0.1, 0.15) is 16.1 Å². The van der Waals surface area contributed by atoms with Crippen LogP contribution in [0.15, 0.2) is 12.3 Å². The van der Waals surface area contributed by atoms with E-state index in [0.29, 0.717) is 5.56 Å². The first-order chi connectivity index (χ1) is 5.29. The van der Waals surface area contributed by atoms with Crippen molar-refractivity contribution in [2.24, 2.45) is 0 Å². The average Bonchev–Trinajstić information content (AvgIpc) is 2.41. The number of nitrogens with zero attached hydrogens (tertiary/aromatic N) is 1. The molecule has 0 saturated carbocycles. The number of carboxylic acids is 1. The molecule has 0 aliphatic carbocycles. The van der Waals surface area contributed by atoms with E-state index >= 15 is 0 Å². The highest BCUT2D eigenvalue weighted by Crippen LogP contribution is 2.27. The van der Waals surface area contributed by atoms with Crippen LogP contribution in [0, 0.1) is 0 Å². The normalized spacial score (nSPS) is 14.9. The summed E-state index contributed by atoms with van der Waals surface area (Å²) in [6.45, 7) is 0. The zero-order valence-electron chi connectivity index (χ0n) is 5.78. The molecular weight excluding hydrogens is 162 g/mol. The molecule has 11 heavy (non-hydrogen) atoms. The van der Waals surface area contributed by atoms with Crippen LogP contribution in [-0.4, -0.2) is 15.6 Å². The van der Waals surface area contributed by atoms with E-state index in [1.54, 1.807) is 17.8 Å². The minimum absolute atomic E-state index is 0.454. The summed E-state index contributed by atoms with van der Waals surface area (Å²) in [4.78, 5) is 10.6. The van der Waals surface area contributed by atoms with Crippen LogP contribution in [0.3, 0.4) is 0 Å². The van der Waals surface area contributed by atoms with Gasteiger partial charge in [-0.05, 0) is 6.07 Å². The Balaban J connectivity index is 2.50. The van der Waals surface area contributed by atoms with Gasteiger partial charge in [0.05, 0.1) is 11.4 Å². The van der Waals surface area contributed by atoms with Crippen LogP contribution in [0.5, 0.6) is 0 Å². The molecule has 0 radical (unpaired) electrons. The van der Waals surface area contributed by atoms with Gasteiger partial charge in [-0.2, -0.15) is 0 Å². The molecule has 58 valence electrons. The Labute approximate surface area is 68.0 Å². The molecule has 0 aromatic carbocycles. The van der Waals surface area contributed by atoms with Gasteiger partial charge >= 0.3 is 5.97 Å². The van der Waals surface area contributed by atoms with Crippen molar-refractivity contribution in [1.29, 1.82) is 0 Å². The van der Waals surface area contributed by atoms with E-state index in [4.69, 9.17) is 5.11 Å². The van der Waals surface area contributed by atoms with Crippen molar-refractivity contribution in [2.45, 2.75) is 11.6 Å². The fraction of sp³-hybridized carbons (Fsp3) is 0.286. The molecule has 0 spiro atoms. The predicted octanol–water partition coefficient (Wildman–Crippen LogP) is 1.39. The second-order valence-corrected chi connectivity index (χ2v) is 3.38. The second-order valence-electron chi connectivity index (χ2n) is 2.43. The van der Waals surface area contributed by atoms with Gasteiger partial charge in [-0.1, -0.05) is 0 Å². The third kappa shape index (κ3) is 0.939. The van der Waals surface area contributed by atoms with Crippen molar-refractivity contribution < 1.29 is 9.90 Å². The van der Waals surface area contributed by atoms with Crippen LogP contribution >= 0.6 is 11.8 Å². The number of rotatable bonds is 1. The number of aromatic nitrogens is 1. The van der Waals surface area contributed by atoms with E-state index in [1.807, 2.05) is 10.8 Å². The number of hydrogen-bond donors (Lipinski definition) is 1. The minimum atomic E-state index is -0.818. The maximum absolute atomic E-state index is 10.6. The number of carbonyl (C=O) groups is 1. The first-order valence-corrected chi connectivity index (χ1v) is 4.43. The lowest BCUT2D eigenvalue weighted by Crippen LogP contribution is -1.99. The highest BCUT2D eigenvalue weighted by molar-refractivity contribution is 7.97. The molecule has 0 atom stereocenters. The van der Waals surface area contributed by atoms with Gasteiger partial charge in [0.2, 0.25) is 0 Å². The SMILES string of the molecule is O=C(O)c1ccn2c1CSC2. The number of carboxylic acid groups (broad SMARTS) is 1. The van der Waals surface area contributed by atoms with E-state index in [2.05, 4.69) is 0 Å². The molecule has 2 rings (SSSR count). The number of hydrogen-bond acceptors (Lipinski definition) is 2. The van der Waals surface area contributed by atoms with Gasteiger partial charge in [0.1, 0.15) is 0 Å². The fourth-order valence-corrected chi connectivity index (χ4v) is 2.27. The summed E-state index contributed by atoms with van der Waals surface area (Å²) in [6, 6.07) is 1.66. The zero-order valence-corrected chi connectivity index (χ0v) is 6.60. The standard InChI is InChI=1S/C7H7NO2S/c9-7(10)5-1-2-8-4-11-3-6(5)8/h1-2H,3-4H2,(H,9,10). The highest BCUT2D eigenvalue weighted by atomic mass is 32.2.